The van der Waals surface area contributed by atoms with E-state index in [1.165, 1.54) is 11.1 Å². The zero-order chi connectivity index (χ0) is 17.8. The lowest BCUT2D eigenvalue weighted by atomic mass is 10.1. The summed E-state index contributed by atoms with van der Waals surface area (Å²) in [4.78, 5) is 6.93. The molecule has 0 aliphatic carbocycles. The van der Waals surface area contributed by atoms with Crippen LogP contribution in [0, 0.1) is 0 Å². The largest absolute Gasteiger partial charge is 0.379 e. The maximum atomic E-state index is 6.20. The molecule has 0 unspecified atom stereocenters. The van der Waals surface area contributed by atoms with Crippen molar-refractivity contribution in [1.29, 1.82) is 0 Å². The average Bonchev–Trinajstić information content (AvgIpc) is 2.68. The number of nitrogens with one attached hydrogen (secondary N) is 1. The van der Waals surface area contributed by atoms with E-state index >= 15 is 0 Å². The lowest BCUT2D eigenvalue weighted by molar-refractivity contribution is 0.0341. The van der Waals surface area contributed by atoms with Crippen molar-refractivity contribution in [2.75, 3.05) is 31.6 Å². The first-order valence-corrected chi connectivity index (χ1v) is 9.33. The Kier molecular flexibility index (Phi) is 5.34. The molecule has 1 saturated heterocycles. The fraction of sp³-hybridized carbons (Fsp3) is 0.286. The Hall–Kier alpha value is -2.14. The number of halogens is 1. The fourth-order valence-corrected chi connectivity index (χ4v) is 3.57. The number of rotatable bonds is 5. The minimum absolute atomic E-state index is 0.507. The molecule has 0 bridgehead atoms. The minimum atomic E-state index is 0.507. The van der Waals surface area contributed by atoms with Crippen molar-refractivity contribution in [3.8, 4) is 0 Å². The highest BCUT2D eigenvalue weighted by Crippen LogP contribution is 2.25. The summed E-state index contributed by atoms with van der Waals surface area (Å²) < 4.78 is 5.45. The van der Waals surface area contributed by atoms with Crippen LogP contribution in [0.15, 0.2) is 54.6 Å². The molecule has 0 saturated carbocycles. The number of benzene rings is 2. The molecule has 1 aliphatic rings. The Morgan fingerprint density at radius 3 is 2.58 bits per heavy atom. The van der Waals surface area contributed by atoms with Crippen molar-refractivity contribution in [2.24, 2.45) is 0 Å². The van der Waals surface area contributed by atoms with Gasteiger partial charge in [-0.25, -0.2) is 4.98 Å². The number of fused-ring (bicyclic) bond motifs is 1. The van der Waals surface area contributed by atoms with Crippen LogP contribution >= 0.6 is 11.6 Å². The molecule has 1 N–H and O–H groups in total. The van der Waals surface area contributed by atoms with Gasteiger partial charge in [0.05, 0.1) is 13.2 Å². The standard InChI is InChI=1S/C21H22ClN3O/c22-20-13-16-5-3-4-8-19(16)21(24-20)23-14-17-6-1-2-7-18(17)15-25-9-11-26-12-10-25/h1-8,13H,9-12,14-15H2,(H,23,24). The van der Waals surface area contributed by atoms with E-state index in [1.807, 2.05) is 18.2 Å². The molecule has 2 aromatic carbocycles. The van der Waals surface area contributed by atoms with E-state index < -0.39 is 0 Å². The highest BCUT2D eigenvalue weighted by Gasteiger charge is 2.13. The van der Waals surface area contributed by atoms with Crippen LogP contribution in [0.25, 0.3) is 10.8 Å². The summed E-state index contributed by atoms with van der Waals surface area (Å²) in [6, 6.07) is 18.6. The molecule has 0 atom stereocenters. The number of hydrogen-bond donors (Lipinski definition) is 1. The second-order valence-electron chi connectivity index (χ2n) is 6.53. The van der Waals surface area contributed by atoms with Crippen molar-refractivity contribution in [3.63, 3.8) is 0 Å². The zero-order valence-electron chi connectivity index (χ0n) is 14.6. The molecule has 1 aromatic heterocycles. The Balaban J connectivity index is 1.53. The Labute approximate surface area is 158 Å². The lowest BCUT2D eigenvalue weighted by Crippen LogP contribution is -2.35. The number of ether oxygens (including phenoxy) is 1. The van der Waals surface area contributed by atoms with Crippen LogP contribution in [0.3, 0.4) is 0 Å². The van der Waals surface area contributed by atoms with Gasteiger partial charge in [0.15, 0.2) is 0 Å². The molecule has 0 amide bonds. The van der Waals surface area contributed by atoms with Crippen molar-refractivity contribution in [3.05, 3.63) is 70.9 Å². The summed E-state index contributed by atoms with van der Waals surface area (Å²) in [5, 5.41) is 6.17. The van der Waals surface area contributed by atoms with Gasteiger partial charge in [0.1, 0.15) is 11.0 Å². The maximum absolute atomic E-state index is 6.20. The van der Waals surface area contributed by atoms with Crippen LogP contribution in [0.2, 0.25) is 5.15 Å². The molecule has 0 spiro atoms. The third-order valence-electron chi connectivity index (χ3n) is 4.77. The summed E-state index contributed by atoms with van der Waals surface area (Å²) >= 11 is 6.20. The Morgan fingerprint density at radius 1 is 1.00 bits per heavy atom. The summed E-state index contributed by atoms with van der Waals surface area (Å²) in [7, 11) is 0. The van der Waals surface area contributed by atoms with E-state index in [0.29, 0.717) is 5.15 Å². The second kappa shape index (κ2) is 8.04. The summed E-state index contributed by atoms with van der Waals surface area (Å²) in [6.07, 6.45) is 0. The summed E-state index contributed by atoms with van der Waals surface area (Å²) in [5.41, 5.74) is 2.62. The number of aromatic nitrogens is 1. The first kappa shape index (κ1) is 17.3. The molecule has 4 rings (SSSR count). The molecule has 1 aliphatic heterocycles. The second-order valence-corrected chi connectivity index (χ2v) is 6.91. The quantitative estimate of drug-likeness (QED) is 0.681. The van der Waals surface area contributed by atoms with Gasteiger partial charge in [-0.1, -0.05) is 60.1 Å². The predicted molar refractivity (Wildman–Crippen MR) is 107 cm³/mol. The fourth-order valence-electron chi connectivity index (χ4n) is 3.36. The third-order valence-corrected chi connectivity index (χ3v) is 4.97. The topological polar surface area (TPSA) is 37.4 Å². The Morgan fingerprint density at radius 2 is 1.73 bits per heavy atom. The van der Waals surface area contributed by atoms with Crippen LogP contribution in [0.1, 0.15) is 11.1 Å². The van der Waals surface area contributed by atoms with Crippen LogP contribution in [0.5, 0.6) is 0 Å². The number of morpholine rings is 1. The molecule has 26 heavy (non-hydrogen) atoms. The minimum Gasteiger partial charge on any atom is -0.379 e. The average molecular weight is 368 g/mol. The third kappa shape index (κ3) is 3.98. The van der Waals surface area contributed by atoms with E-state index in [2.05, 4.69) is 51.6 Å². The molecule has 0 radical (unpaired) electrons. The van der Waals surface area contributed by atoms with Gasteiger partial charge in [-0.3, -0.25) is 4.90 Å². The van der Waals surface area contributed by atoms with Gasteiger partial charge in [-0.2, -0.15) is 0 Å². The van der Waals surface area contributed by atoms with Crippen LogP contribution in [-0.4, -0.2) is 36.2 Å². The zero-order valence-corrected chi connectivity index (χ0v) is 15.4. The normalized spacial score (nSPS) is 15.3. The van der Waals surface area contributed by atoms with E-state index in [4.69, 9.17) is 16.3 Å². The number of pyridine rings is 1. The van der Waals surface area contributed by atoms with E-state index in [0.717, 1.165) is 56.0 Å². The predicted octanol–water partition coefficient (Wildman–Crippen LogP) is 4.33. The van der Waals surface area contributed by atoms with Gasteiger partial charge in [0.25, 0.3) is 0 Å². The maximum Gasteiger partial charge on any atom is 0.135 e. The first-order valence-electron chi connectivity index (χ1n) is 8.95. The molecular formula is C21H22ClN3O. The number of nitrogens with zero attached hydrogens (tertiary/aromatic N) is 2. The van der Waals surface area contributed by atoms with Gasteiger partial charge in [0.2, 0.25) is 0 Å². The monoisotopic (exact) mass is 367 g/mol. The molecular weight excluding hydrogens is 346 g/mol. The van der Waals surface area contributed by atoms with Crippen molar-refractivity contribution in [1.82, 2.24) is 9.88 Å². The molecule has 134 valence electrons. The van der Waals surface area contributed by atoms with Gasteiger partial charge in [0, 0.05) is 31.6 Å². The van der Waals surface area contributed by atoms with E-state index in [-0.39, 0.29) is 0 Å². The van der Waals surface area contributed by atoms with Crippen LogP contribution in [0.4, 0.5) is 5.82 Å². The number of anilines is 1. The van der Waals surface area contributed by atoms with Crippen molar-refractivity contribution in [2.45, 2.75) is 13.1 Å². The summed E-state index contributed by atoms with van der Waals surface area (Å²) in [5.74, 6) is 0.828. The lowest BCUT2D eigenvalue weighted by Gasteiger charge is -2.27. The smallest absolute Gasteiger partial charge is 0.135 e. The molecule has 5 heteroatoms. The van der Waals surface area contributed by atoms with E-state index in [1.54, 1.807) is 0 Å². The first-order chi connectivity index (χ1) is 12.8. The van der Waals surface area contributed by atoms with Crippen molar-refractivity contribution >= 4 is 28.2 Å². The number of hydrogen-bond acceptors (Lipinski definition) is 4. The van der Waals surface area contributed by atoms with Crippen molar-refractivity contribution < 1.29 is 4.74 Å². The van der Waals surface area contributed by atoms with Crippen LogP contribution < -0.4 is 5.32 Å². The van der Waals surface area contributed by atoms with Gasteiger partial charge in [-0.05, 0) is 22.6 Å². The highest BCUT2D eigenvalue weighted by atomic mass is 35.5. The van der Waals surface area contributed by atoms with Gasteiger partial charge >= 0.3 is 0 Å². The molecule has 3 aromatic rings. The van der Waals surface area contributed by atoms with Gasteiger partial charge in [-0.15, -0.1) is 0 Å². The highest BCUT2D eigenvalue weighted by molar-refractivity contribution is 6.30. The molecule has 4 nitrogen and oxygen atoms in total. The SMILES string of the molecule is Clc1cc2ccccc2c(NCc2ccccc2CN2CCOCC2)n1. The molecule has 2 heterocycles. The summed E-state index contributed by atoms with van der Waals surface area (Å²) in [6.45, 7) is 5.28. The van der Waals surface area contributed by atoms with E-state index in [9.17, 15) is 0 Å². The van der Waals surface area contributed by atoms with Gasteiger partial charge < -0.3 is 10.1 Å². The Bertz CT molecular complexity index is 893. The molecule has 1 fully saturated rings. The van der Waals surface area contributed by atoms with Crippen LogP contribution in [-0.2, 0) is 17.8 Å².